The first-order valence-corrected chi connectivity index (χ1v) is 8.37. The van der Waals surface area contributed by atoms with Gasteiger partial charge in [-0.15, -0.1) is 0 Å². The SMILES string of the molecule is Cc1cccc(C(=O)Oc2ccc(C=C3SC(=S)NC3=O)cc2)c1. The smallest absolute Gasteiger partial charge is 0.343 e. The second kappa shape index (κ2) is 6.98. The molecular formula is C18H13NO3S2. The van der Waals surface area contributed by atoms with Crippen molar-refractivity contribution < 1.29 is 14.3 Å². The van der Waals surface area contributed by atoms with Crippen molar-refractivity contribution in [2.75, 3.05) is 0 Å². The first kappa shape index (κ1) is 16.4. The van der Waals surface area contributed by atoms with Crippen LogP contribution in [0.5, 0.6) is 5.75 Å². The molecule has 0 unspecified atom stereocenters. The number of hydrogen-bond donors (Lipinski definition) is 1. The van der Waals surface area contributed by atoms with Crippen LogP contribution in [0.25, 0.3) is 6.08 Å². The quantitative estimate of drug-likeness (QED) is 0.394. The molecule has 1 amide bonds. The molecule has 6 heteroatoms. The average Bonchev–Trinajstić information content (AvgIpc) is 2.87. The maximum Gasteiger partial charge on any atom is 0.343 e. The van der Waals surface area contributed by atoms with Crippen molar-refractivity contribution in [2.24, 2.45) is 0 Å². The van der Waals surface area contributed by atoms with E-state index in [-0.39, 0.29) is 5.91 Å². The molecule has 3 rings (SSSR count). The topological polar surface area (TPSA) is 55.4 Å². The highest BCUT2D eigenvalue weighted by Gasteiger charge is 2.21. The molecule has 4 nitrogen and oxygen atoms in total. The molecule has 0 bridgehead atoms. The maximum absolute atomic E-state index is 12.1. The Morgan fingerprint density at radius 1 is 1.21 bits per heavy atom. The number of amides is 1. The fourth-order valence-corrected chi connectivity index (χ4v) is 3.19. The van der Waals surface area contributed by atoms with E-state index in [1.807, 2.05) is 19.1 Å². The molecule has 0 atom stereocenters. The van der Waals surface area contributed by atoms with Crippen LogP contribution in [0, 0.1) is 6.92 Å². The number of nitrogens with one attached hydrogen (secondary N) is 1. The number of hydrogen-bond acceptors (Lipinski definition) is 5. The summed E-state index contributed by atoms with van der Waals surface area (Å²) in [5, 5.41) is 2.57. The van der Waals surface area contributed by atoms with Gasteiger partial charge in [0, 0.05) is 0 Å². The van der Waals surface area contributed by atoms with Crippen LogP contribution in [0.4, 0.5) is 0 Å². The number of thioether (sulfide) groups is 1. The van der Waals surface area contributed by atoms with E-state index in [1.54, 1.807) is 42.5 Å². The van der Waals surface area contributed by atoms with Gasteiger partial charge in [-0.05, 0) is 42.8 Å². The van der Waals surface area contributed by atoms with Gasteiger partial charge < -0.3 is 10.1 Å². The van der Waals surface area contributed by atoms with E-state index in [4.69, 9.17) is 17.0 Å². The van der Waals surface area contributed by atoms with Crippen LogP contribution in [-0.2, 0) is 4.79 Å². The highest BCUT2D eigenvalue weighted by Crippen LogP contribution is 2.26. The van der Waals surface area contributed by atoms with Crippen molar-refractivity contribution in [3.8, 4) is 5.75 Å². The van der Waals surface area contributed by atoms with Crippen molar-refractivity contribution in [3.63, 3.8) is 0 Å². The highest BCUT2D eigenvalue weighted by atomic mass is 32.2. The Hall–Kier alpha value is -2.44. The molecule has 0 saturated carbocycles. The van der Waals surface area contributed by atoms with Gasteiger partial charge in [0.2, 0.25) is 0 Å². The standard InChI is InChI=1S/C18H13NO3S2/c1-11-3-2-4-13(9-11)17(21)22-14-7-5-12(6-8-14)10-15-16(20)19-18(23)24-15/h2-10H,1H3,(H,19,20,23). The fourth-order valence-electron chi connectivity index (χ4n) is 2.14. The number of carbonyl (C=O) groups is 2. The summed E-state index contributed by atoms with van der Waals surface area (Å²) < 4.78 is 5.81. The molecular weight excluding hydrogens is 342 g/mol. The Labute approximate surface area is 148 Å². The number of carbonyl (C=O) groups excluding carboxylic acids is 2. The summed E-state index contributed by atoms with van der Waals surface area (Å²) in [4.78, 5) is 24.3. The Kier molecular flexibility index (Phi) is 4.78. The lowest BCUT2D eigenvalue weighted by Gasteiger charge is -2.05. The van der Waals surface area contributed by atoms with Crippen LogP contribution in [0.2, 0.25) is 0 Å². The Bertz CT molecular complexity index is 857. The largest absolute Gasteiger partial charge is 0.423 e. The van der Waals surface area contributed by atoms with E-state index in [2.05, 4.69) is 5.32 Å². The minimum atomic E-state index is -0.402. The normalized spacial score (nSPS) is 15.5. The number of benzene rings is 2. The molecule has 1 aliphatic rings. The summed E-state index contributed by atoms with van der Waals surface area (Å²) in [7, 11) is 0. The molecule has 24 heavy (non-hydrogen) atoms. The van der Waals surface area contributed by atoms with Crippen molar-refractivity contribution in [2.45, 2.75) is 6.92 Å². The number of esters is 1. The van der Waals surface area contributed by atoms with Gasteiger partial charge in [-0.25, -0.2) is 4.79 Å². The number of rotatable bonds is 3. The molecule has 0 spiro atoms. The molecule has 1 aliphatic heterocycles. The lowest BCUT2D eigenvalue weighted by atomic mass is 10.1. The third-order valence-corrected chi connectivity index (χ3v) is 4.45. The van der Waals surface area contributed by atoms with E-state index in [1.165, 1.54) is 11.8 Å². The van der Waals surface area contributed by atoms with E-state index in [0.29, 0.717) is 20.5 Å². The van der Waals surface area contributed by atoms with Crippen LogP contribution in [0.1, 0.15) is 21.5 Å². The van der Waals surface area contributed by atoms with Crippen LogP contribution in [-0.4, -0.2) is 16.2 Å². The molecule has 1 N–H and O–H groups in total. The molecule has 120 valence electrons. The molecule has 1 heterocycles. The van der Waals surface area contributed by atoms with Gasteiger partial charge in [-0.3, -0.25) is 4.79 Å². The predicted molar refractivity (Wildman–Crippen MR) is 98.9 cm³/mol. The molecule has 0 aliphatic carbocycles. The summed E-state index contributed by atoms with van der Waals surface area (Å²) in [6.45, 7) is 1.92. The fraction of sp³-hybridized carbons (Fsp3) is 0.0556. The molecule has 0 radical (unpaired) electrons. The Morgan fingerprint density at radius 2 is 1.96 bits per heavy atom. The van der Waals surface area contributed by atoms with Crippen molar-refractivity contribution in [1.29, 1.82) is 0 Å². The molecule has 1 saturated heterocycles. The van der Waals surface area contributed by atoms with Crippen molar-refractivity contribution in [1.82, 2.24) is 5.32 Å². The lowest BCUT2D eigenvalue weighted by Crippen LogP contribution is -2.17. The summed E-state index contributed by atoms with van der Waals surface area (Å²) >= 11 is 6.17. The van der Waals surface area contributed by atoms with Gasteiger partial charge in [0.1, 0.15) is 10.1 Å². The summed E-state index contributed by atoms with van der Waals surface area (Å²) in [5.41, 5.74) is 2.33. The number of ether oxygens (including phenoxy) is 1. The maximum atomic E-state index is 12.1. The highest BCUT2D eigenvalue weighted by molar-refractivity contribution is 8.26. The Balaban J connectivity index is 1.71. The van der Waals surface area contributed by atoms with Gasteiger partial charge in [0.25, 0.3) is 5.91 Å². The van der Waals surface area contributed by atoms with E-state index in [0.717, 1.165) is 11.1 Å². The van der Waals surface area contributed by atoms with E-state index in [9.17, 15) is 9.59 Å². The van der Waals surface area contributed by atoms with Crippen LogP contribution >= 0.6 is 24.0 Å². The molecule has 2 aromatic rings. The molecule has 0 aromatic heterocycles. The second-order valence-electron chi connectivity index (χ2n) is 5.18. The summed E-state index contributed by atoms with van der Waals surface area (Å²) in [6.07, 6.45) is 1.74. The zero-order valence-electron chi connectivity index (χ0n) is 12.7. The summed E-state index contributed by atoms with van der Waals surface area (Å²) in [6, 6.07) is 14.2. The third kappa shape index (κ3) is 3.90. The first-order chi connectivity index (χ1) is 11.5. The number of aryl methyl sites for hydroxylation is 1. The third-order valence-electron chi connectivity index (χ3n) is 3.28. The minimum Gasteiger partial charge on any atom is -0.423 e. The van der Waals surface area contributed by atoms with Crippen molar-refractivity contribution in [3.05, 3.63) is 70.1 Å². The van der Waals surface area contributed by atoms with Gasteiger partial charge in [-0.1, -0.05) is 53.8 Å². The zero-order valence-corrected chi connectivity index (χ0v) is 14.4. The van der Waals surface area contributed by atoms with Gasteiger partial charge in [-0.2, -0.15) is 0 Å². The van der Waals surface area contributed by atoms with E-state index < -0.39 is 5.97 Å². The van der Waals surface area contributed by atoms with Gasteiger partial charge >= 0.3 is 5.97 Å². The van der Waals surface area contributed by atoms with Crippen LogP contribution in [0.3, 0.4) is 0 Å². The lowest BCUT2D eigenvalue weighted by molar-refractivity contribution is -0.115. The van der Waals surface area contributed by atoms with Gasteiger partial charge in [0.05, 0.1) is 10.5 Å². The van der Waals surface area contributed by atoms with Crippen molar-refractivity contribution >= 4 is 46.3 Å². The monoisotopic (exact) mass is 355 g/mol. The number of thiocarbonyl (C=S) groups is 1. The first-order valence-electron chi connectivity index (χ1n) is 7.15. The molecule has 2 aromatic carbocycles. The van der Waals surface area contributed by atoms with Gasteiger partial charge in [0.15, 0.2) is 0 Å². The van der Waals surface area contributed by atoms with Crippen LogP contribution in [0.15, 0.2) is 53.4 Å². The average molecular weight is 355 g/mol. The zero-order chi connectivity index (χ0) is 17.1. The Morgan fingerprint density at radius 3 is 2.58 bits per heavy atom. The summed E-state index contributed by atoms with van der Waals surface area (Å²) in [5.74, 6) is -0.150. The van der Waals surface area contributed by atoms with E-state index >= 15 is 0 Å². The second-order valence-corrected chi connectivity index (χ2v) is 6.90. The molecule has 1 fully saturated rings. The van der Waals surface area contributed by atoms with Crippen LogP contribution < -0.4 is 10.1 Å². The predicted octanol–water partition coefficient (Wildman–Crippen LogP) is 3.70. The minimum absolute atomic E-state index is 0.194.